The number of unbranched alkanes of at least 4 members (excludes halogenated alkanes) is 30. The molecule has 0 heterocycles. The Hall–Kier alpha value is -2.81. The molecule has 0 bridgehead atoms. The number of ether oxygens (including phenoxy) is 1. The van der Waals surface area contributed by atoms with Gasteiger partial charge in [-0.1, -0.05) is 254 Å². The van der Waals surface area contributed by atoms with Gasteiger partial charge in [-0.15, -0.1) is 0 Å². The maximum Gasteiger partial charge on any atom is 0.472 e. The number of quaternary nitrogens is 1. The van der Waals surface area contributed by atoms with Gasteiger partial charge in [-0.25, -0.2) is 4.57 Å². The second-order valence-electron chi connectivity index (χ2n) is 22.9. The zero-order valence-corrected chi connectivity index (χ0v) is 52.5. The summed E-state index contributed by atoms with van der Waals surface area (Å²) in [5.74, 6) is -0.528. The summed E-state index contributed by atoms with van der Waals surface area (Å²) in [5.41, 5.74) is 0. The van der Waals surface area contributed by atoms with Crippen molar-refractivity contribution < 1.29 is 37.3 Å². The van der Waals surface area contributed by atoms with E-state index in [0.717, 1.165) is 109 Å². The number of carbonyl (C=O) groups is 2. The van der Waals surface area contributed by atoms with Gasteiger partial charge in [-0.2, -0.15) is 0 Å². The number of esters is 1. The number of rotatable bonds is 58. The normalized spacial score (nSPS) is 14.2. The van der Waals surface area contributed by atoms with Crippen LogP contribution in [0.4, 0.5) is 0 Å². The van der Waals surface area contributed by atoms with Gasteiger partial charge >= 0.3 is 13.8 Å². The summed E-state index contributed by atoms with van der Waals surface area (Å²) in [7, 11) is 1.48. The number of nitrogens with one attached hydrogen (secondary N) is 1. The molecule has 1 amide bonds. The van der Waals surface area contributed by atoms with Crippen molar-refractivity contribution in [2.45, 2.75) is 296 Å². The fourth-order valence-electron chi connectivity index (χ4n) is 9.08. The highest BCUT2D eigenvalue weighted by atomic mass is 31.2. The molecule has 0 fully saturated rings. The predicted octanol–water partition coefficient (Wildman–Crippen LogP) is 20.2. The number of allylic oxidation sites excluding steroid dienone is 13. The van der Waals surface area contributed by atoms with Gasteiger partial charge in [0.05, 0.1) is 33.8 Å². The quantitative estimate of drug-likeness (QED) is 0.0205. The van der Waals surface area contributed by atoms with Gasteiger partial charge in [0.15, 0.2) is 0 Å². The number of hydrogen-bond acceptors (Lipinski definition) is 6. The molecule has 0 rings (SSSR count). The van der Waals surface area contributed by atoms with Crippen LogP contribution in [0.2, 0.25) is 0 Å². The highest BCUT2D eigenvalue weighted by molar-refractivity contribution is 7.47. The highest BCUT2D eigenvalue weighted by Gasteiger charge is 2.30. The lowest BCUT2D eigenvalue weighted by atomic mass is 10.0. The maximum absolute atomic E-state index is 13.6. The van der Waals surface area contributed by atoms with Crippen LogP contribution in [-0.2, 0) is 27.9 Å². The topological polar surface area (TPSA) is 111 Å². The molecule has 3 atom stereocenters. The SMILES string of the molecule is CC/C=C\C/C=C\C/C=C\C/C=C\C/C=C\CCCCCCCCCCCC(=O)NC(COP(=O)(O)OCC[N+](C)(C)C)C(/C=C\CCCCCCCCCCCCC)OC(=O)CCCCC/C=C\CCCCCCCCC. The third-order valence-electron chi connectivity index (χ3n) is 14.1. The van der Waals surface area contributed by atoms with Crippen LogP contribution in [0.25, 0.3) is 0 Å². The first-order valence-corrected chi connectivity index (χ1v) is 33.9. The Kier molecular flexibility index (Phi) is 55.4. The number of phosphoric acid groups is 1. The van der Waals surface area contributed by atoms with Crippen molar-refractivity contribution in [2.24, 2.45) is 0 Å². The molecule has 0 spiro atoms. The first-order chi connectivity index (χ1) is 37.9. The van der Waals surface area contributed by atoms with E-state index in [2.05, 4.69) is 99.0 Å². The number of nitrogens with zero attached hydrogens (tertiary/aromatic N) is 1. The minimum Gasteiger partial charge on any atom is -0.456 e. The zero-order chi connectivity index (χ0) is 57.2. The van der Waals surface area contributed by atoms with Crippen molar-refractivity contribution >= 4 is 19.7 Å². The molecule has 0 aromatic carbocycles. The van der Waals surface area contributed by atoms with Crippen LogP contribution in [0.5, 0.6) is 0 Å². The van der Waals surface area contributed by atoms with Crippen molar-refractivity contribution in [1.29, 1.82) is 0 Å². The fraction of sp³-hybridized carbons (Fsp3) is 0.765. The molecule has 10 heteroatoms. The molecule has 78 heavy (non-hydrogen) atoms. The summed E-state index contributed by atoms with van der Waals surface area (Å²) in [6, 6.07) is -0.861. The molecule has 0 aliphatic rings. The van der Waals surface area contributed by atoms with Crippen molar-refractivity contribution in [3.63, 3.8) is 0 Å². The molecule has 0 aromatic rings. The maximum atomic E-state index is 13.6. The minimum absolute atomic E-state index is 0.0341. The fourth-order valence-corrected chi connectivity index (χ4v) is 9.82. The molecular formula is C68H124N2O7P+. The predicted molar refractivity (Wildman–Crippen MR) is 337 cm³/mol. The molecule has 9 nitrogen and oxygen atoms in total. The number of phosphoric ester groups is 1. The lowest BCUT2D eigenvalue weighted by Gasteiger charge is -2.27. The third kappa shape index (κ3) is 57.9. The molecule has 0 aliphatic carbocycles. The Bertz CT molecular complexity index is 1610. The highest BCUT2D eigenvalue weighted by Crippen LogP contribution is 2.43. The van der Waals surface area contributed by atoms with Gasteiger partial charge in [0.25, 0.3) is 0 Å². The molecular weight excluding hydrogens is 988 g/mol. The third-order valence-corrected chi connectivity index (χ3v) is 15.1. The van der Waals surface area contributed by atoms with Crippen molar-refractivity contribution in [3.05, 3.63) is 85.1 Å². The standard InChI is InChI=1S/C68H123N2O7P/c1-7-10-13-16-19-22-25-28-30-31-32-33-34-35-36-37-38-39-40-42-45-48-51-54-57-60-67(71)69-65(64-76-78(73,74)75-63-62-70(4,5)6)66(59-56-53-50-47-44-41-27-24-21-18-15-12-9-3)77-68(72)61-58-55-52-49-46-43-29-26-23-20-17-14-11-8-2/h10,13,19,22,28,30,32-33,35-36,43,46,56,59,65-66H,7-9,11-12,14-18,20-21,23-27,29,31,34,37-42,44-45,47-55,57-58,60-64H2,1-6H3,(H-,69,71,73,74)/p+1/b13-10-,22-19-,30-28-,33-32-,36-35-,46-43-,59-56-. The van der Waals surface area contributed by atoms with Crippen LogP contribution in [0, 0.1) is 0 Å². The number of likely N-dealkylation sites (N-methyl/N-ethyl adjacent to an activating group) is 1. The Morgan fingerprint density at radius 1 is 0.462 bits per heavy atom. The Morgan fingerprint density at radius 2 is 0.821 bits per heavy atom. The summed E-state index contributed by atoms with van der Waals surface area (Å²) in [6.45, 7) is 6.89. The molecule has 0 radical (unpaired) electrons. The van der Waals surface area contributed by atoms with Gasteiger partial charge < -0.3 is 19.4 Å². The van der Waals surface area contributed by atoms with Crippen LogP contribution in [0.1, 0.15) is 284 Å². The van der Waals surface area contributed by atoms with E-state index in [4.69, 9.17) is 13.8 Å². The Balaban J connectivity index is 5.19. The number of hydrogen-bond donors (Lipinski definition) is 2. The molecule has 452 valence electrons. The Labute approximate surface area is 482 Å². The van der Waals surface area contributed by atoms with Gasteiger partial charge in [-0.05, 0) is 102 Å². The van der Waals surface area contributed by atoms with E-state index in [9.17, 15) is 19.0 Å². The van der Waals surface area contributed by atoms with Crippen molar-refractivity contribution in [3.8, 4) is 0 Å². The second-order valence-corrected chi connectivity index (χ2v) is 24.4. The molecule has 2 N–H and O–H groups in total. The number of carbonyl (C=O) groups excluding carboxylic acids is 2. The van der Waals surface area contributed by atoms with Gasteiger partial charge in [-0.3, -0.25) is 18.6 Å². The molecule has 0 aromatic heterocycles. The Morgan fingerprint density at radius 3 is 1.26 bits per heavy atom. The largest absolute Gasteiger partial charge is 0.472 e. The molecule has 0 aliphatic heterocycles. The van der Waals surface area contributed by atoms with Crippen LogP contribution < -0.4 is 5.32 Å². The van der Waals surface area contributed by atoms with Crippen molar-refractivity contribution in [2.75, 3.05) is 40.9 Å². The smallest absolute Gasteiger partial charge is 0.456 e. The van der Waals surface area contributed by atoms with E-state index in [-0.39, 0.29) is 31.5 Å². The van der Waals surface area contributed by atoms with E-state index in [1.54, 1.807) is 0 Å². The first kappa shape index (κ1) is 75.2. The average Bonchev–Trinajstić information content (AvgIpc) is 3.40. The summed E-state index contributed by atoms with van der Waals surface area (Å²) in [5, 5.41) is 3.06. The number of amides is 1. The summed E-state index contributed by atoms with van der Waals surface area (Å²) < 4.78 is 30.7. The average molecular weight is 1110 g/mol. The summed E-state index contributed by atoms with van der Waals surface area (Å²) in [4.78, 5) is 37.7. The summed E-state index contributed by atoms with van der Waals surface area (Å²) >= 11 is 0. The second kappa shape index (κ2) is 57.4. The monoisotopic (exact) mass is 1110 g/mol. The summed E-state index contributed by atoms with van der Waals surface area (Å²) in [6.07, 6.45) is 75.8. The van der Waals surface area contributed by atoms with Crippen LogP contribution in [0.15, 0.2) is 85.1 Å². The van der Waals surface area contributed by atoms with Crippen LogP contribution in [-0.4, -0.2) is 74.3 Å². The van der Waals surface area contributed by atoms with E-state index in [1.807, 2.05) is 33.3 Å². The van der Waals surface area contributed by atoms with Crippen LogP contribution >= 0.6 is 7.82 Å². The van der Waals surface area contributed by atoms with E-state index < -0.39 is 20.0 Å². The molecule has 3 unspecified atom stereocenters. The first-order valence-electron chi connectivity index (χ1n) is 32.4. The van der Waals surface area contributed by atoms with Gasteiger partial charge in [0.2, 0.25) is 5.91 Å². The molecule has 0 saturated carbocycles. The lowest BCUT2D eigenvalue weighted by Crippen LogP contribution is -2.47. The van der Waals surface area contributed by atoms with Gasteiger partial charge in [0.1, 0.15) is 19.3 Å². The van der Waals surface area contributed by atoms with Crippen LogP contribution in [0.3, 0.4) is 0 Å². The van der Waals surface area contributed by atoms with E-state index >= 15 is 0 Å². The minimum atomic E-state index is -4.46. The lowest BCUT2D eigenvalue weighted by molar-refractivity contribution is -0.870. The van der Waals surface area contributed by atoms with Gasteiger partial charge in [0, 0.05) is 12.8 Å². The molecule has 0 saturated heterocycles. The van der Waals surface area contributed by atoms with E-state index in [1.165, 1.54) is 135 Å². The zero-order valence-electron chi connectivity index (χ0n) is 51.6. The van der Waals surface area contributed by atoms with Crippen molar-refractivity contribution in [1.82, 2.24) is 5.32 Å². The van der Waals surface area contributed by atoms with E-state index in [0.29, 0.717) is 23.9 Å².